The van der Waals surface area contributed by atoms with Crippen LogP contribution < -0.4 is 5.32 Å². The van der Waals surface area contributed by atoms with E-state index >= 15 is 0 Å². The second-order valence-electron chi connectivity index (χ2n) is 6.91. The highest BCUT2D eigenvalue weighted by atomic mass is 16.4. The molecule has 1 fully saturated rings. The van der Waals surface area contributed by atoms with E-state index in [2.05, 4.69) is 22.4 Å². The van der Waals surface area contributed by atoms with Gasteiger partial charge in [0.25, 0.3) is 5.91 Å². The second kappa shape index (κ2) is 9.12. The van der Waals surface area contributed by atoms with Crippen molar-refractivity contribution in [1.29, 1.82) is 0 Å². The molecule has 0 spiro atoms. The summed E-state index contributed by atoms with van der Waals surface area (Å²) in [7, 11) is 0. The average molecular weight is 381 g/mol. The van der Waals surface area contributed by atoms with Crippen molar-refractivity contribution in [3.8, 4) is 0 Å². The van der Waals surface area contributed by atoms with Crippen LogP contribution in [0.25, 0.3) is 0 Å². The topological polar surface area (TPSA) is 99.6 Å². The molecule has 146 valence electrons. The lowest BCUT2D eigenvalue weighted by atomic mass is 9.90. The van der Waals surface area contributed by atoms with Gasteiger partial charge in [-0.05, 0) is 42.9 Å². The number of likely N-dealkylation sites (tertiary alicyclic amines) is 1. The summed E-state index contributed by atoms with van der Waals surface area (Å²) in [4.78, 5) is 41.0. The van der Waals surface area contributed by atoms with Gasteiger partial charge in [-0.15, -0.1) is 0 Å². The fourth-order valence-corrected chi connectivity index (χ4v) is 3.37. The van der Waals surface area contributed by atoms with Crippen LogP contribution in [-0.4, -0.2) is 52.4 Å². The van der Waals surface area contributed by atoms with E-state index in [9.17, 15) is 14.4 Å². The molecule has 28 heavy (non-hydrogen) atoms. The summed E-state index contributed by atoms with van der Waals surface area (Å²) in [5.74, 6) is -1.34. The number of carboxylic acids is 1. The number of rotatable bonds is 6. The minimum Gasteiger partial charge on any atom is -0.477 e. The van der Waals surface area contributed by atoms with E-state index in [1.165, 1.54) is 23.8 Å². The molecule has 2 aromatic rings. The van der Waals surface area contributed by atoms with Crippen LogP contribution in [0, 0.1) is 5.92 Å². The molecule has 0 aliphatic carbocycles. The number of amides is 2. The van der Waals surface area contributed by atoms with E-state index in [1.54, 1.807) is 4.90 Å². The Balaban J connectivity index is 1.45. The van der Waals surface area contributed by atoms with E-state index in [1.807, 2.05) is 18.2 Å². The number of pyridine rings is 1. The molecule has 1 aromatic heterocycles. The first-order valence-electron chi connectivity index (χ1n) is 9.33. The third kappa shape index (κ3) is 5.16. The molecular weight excluding hydrogens is 358 g/mol. The summed E-state index contributed by atoms with van der Waals surface area (Å²) in [6, 6.07) is 14.5. The van der Waals surface area contributed by atoms with E-state index in [-0.39, 0.29) is 23.8 Å². The van der Waals surface area contributed by atoms with Gasteiger partial charge in [-0.2, -0.15) is 0 Å². The fraction of sp³-hybridized carbons (Fsp3) is 0.333. The van der Waals surface area contributed by atoms with Crippen LogP contribution in [0.3, 0.4) is 0 Å². The van der Waals surface area contributed by atoms with Gasteiger partial charge in [0, 0.05) is 13.1 Å². The largest absolute Gasteiger partial charge is 0.477 e. The molecule has 2 heterocycles. The van der Waals surface area contributed by atoms with Crippen molar-refractivity contribution in [1.82, 2.24) is 15.2 Å². The van der Waals surface area contributed by atoms with Crippen molar-refractivity contribution >= 4 is 17.8 Å². The maximum absolute atomic E-state index is 12.4. The predicted octanol–water partition coefficient (Wildman–Crippen LogP) is 1.99. The molecule has 2 amide bonds. The van der Waals surface area contributed by atoms with Crippen molar-refractivity contribution < 1.29 is 19.5 Å². The predicted molar refractivity (Wildman–Crippen MR) is 103 cm³/mol. The zero-order valence-electron chi connectivity index (χ0n) is 15.5. The molecule has 0 saturated carbocycles. The first-order valence-corrected chi connectivity index (χ1v) is 9.33. The molecule has 1 saturated heterocycles. The van der Waals surface area contributed by atoms with Gasteiger partial charge in [0.15, 0.2) is 0 Å². The highest BCUT2D eigenvalue weighted by molar-refractivity contribution is 5.96. The van der Waals surface area contributed by atoms with Crippen molar-refractivity contribution in [2.45, 2.75) is 19.3 Å². The summed E-state index contributed by atoms with van der Waals surface area (Å²) in [5, 5.41) is 11.5. The Hall–Kier alpha value is -3.22. The number of hydrogen-bond acceptors (Lipinski definition) is 4. The summed E-state index contributed by atoms with van der Waals surface area (Å²) in [6.45, 7) is 1.24. The molecule has 1 aromatic carbocycles. The standard InChI is InChI=1S/C21H23N3O4/c25-19(14-22-20(26)17-7-4-8-18(23-17)21(27)28)24-11-9-16(10-12-24)13-15-5-2-1-3-6-15/h1-8,16H,9-14H2,(H,22,26)(H,27,28). The molecule has 7 nitrogen and oxygen atoms in total. The Morgan fingerprint density at radius 1 is 1.00 bits per heavy atom. The van der Waals surface area contributed by atoms with Crippen LogP contribution in [0.2, 0.25) is 0 Å². The summed E-state index contributed by atoms with van der Waals surface area (Å²) in [6.07, 6.45) is 2.90. The zero-order valence-corrected chi connectivity index (χ0v) is 15.5. The molecule has 0 atom stereocenters. The number of nitrogens with zero attached hydrogens (tertiary/aromatic N) is 2. The van der Waals surface area contributed by atoms with Crippen molar-refractivity contribution in [2.24, 2.45) is 5.92 Å². The number of carboxylic acid groups (broad SMARTS) is 1. The minimum absolute atomic E-state index is 0.0192. The number of carbonyl (C=O) groups excluding carboxylic acids is 2. The Labute approximate surface area is 163 Å². The van der Waals surface area contributed by atoms with Crippen LogP contribution in [0.5, 0.6) is 0 Å². The van der Waals surface area contributed by atoms with Gasteiger partial charge in [0.1, 0.15) is 11.4 Å². The molecule has 2 N–H and O–H groups in total. The highest BCUT2D eigenvalue weighted by Crippen LogP contribution is 2.21. The third-order valence-corrected chi connectivity index (χ3v) is 4.94. The smallest absolute Gasteiger partial charge is 0.354 e. The van der Waals surface area contributed by atoms with Crippen LogP contribution in [0.4, 0.5) is 0 Å². The molecule has 1 aliphatic rings. The number of piperidine rings is 1. The molecule has 0 radical (unpaired) electrons. The van der Waals surface area contributed by atoms with Crippen LogP contribution in [-0.2, 0) is 11.2 Å². The number of aromatic carboxylic acids is 1. The van der Waals surface area contributed by atoms with Gasteiger partial charge < -0.3 is 15.3 Å². The van der Waals surface area contributed by atoms with Gasteiger partial charge in [0.05, 0.1) is 6.54 Å². The maximum Gasteiger partial charge on any atom is 0.354 e. The number of benzene rings is 1. The Morgan fingerprint density at radius 3 is 2.36 bits per heavy atom. The number of carbonyl (C=O) groups is 3. The molecule has 3 rings (SSSR count). The highest BCUT2D eigenvalue weighted by Gasteiger charge is 2.23. The summed E-state index contributed by atoms with van der Waals surface area (Å²) in [5.41, 5.74) is 1.09. The van der Waals surface area contributed by atoms with E-state index in [0.717, 1.165) is 19.3 Å². The van der Waals surface area contributed by atoms with Crippen molar-refractivity contribution in [2.75, 3.05) is 19.6 Å². The monoisotopic (exact) mass is 381 g/mol. The molecular formula is C21H23N3O4. The quantitative estimate of drug-likeness (QED) is 0.797. The SMILES string of the molecule is O=C(O)c1cccc(C(=O)NCC(=O)N2CCC(Cc3ccccc3)CC2)n1. The first-order chi connectivity index (χ1) is 13.5. The van der Waals surface area contributed by atoms with E-state index < -0.39 is 11.9 Å². The first kappa shape index (κ1) is 19.5. The van der Waals surface area contributed by atoms with Crippen LogP contribution >= 0.6 is 0 Å². The lowest BCUT2D eigenvalue weighted by Crippen LogP contribution is -2.44. The Morgan fingerprint density at radius 2 is 1.68 bits per heavy atom. The zero-order chi connectivity index (χ0) is 19.9. The molecule has 0 unspecified atom stereocenters. The van der Waals surface area contributed by atoms with Crippen LogP contribution in [0.1, 0.15) is 39.4 Å². The summed E-state index contributed by atoms with van der Waals surface area (Å²) < 4.78 is 0. The molecule has 1 aliphatic heterocycles. The lowest BCUT2D eigenvalue weighted by molar-refractivity contribution is -0.131. The van der Waals surface area contributed by atoms with E-state index in [0.29, 0.717) is 19.0 Å². The molecule has 0 bridgehead atoms. The van der Waals surface area contributed by atoms with Gasteiger partial charge in [0.2, 0.25) is 5.91 Å². The van der Waals surface area contributed by atoms with Gasteiger partial charge in [-0.1, -0.05) is 36.4 Å². The third-order valence-electron chi connectivity index (χ3n) is 4.94. The maximum atomic E-state index is 12.4. The number of aromatic nitrogens is 1. The van der Waals surface area contributed by atoms with Crippen molar-refractivity contribution in [3.05, 3.63) is 65.5 Å². The van der Waals surface area contributed by atoms with Gasteiger partial charge in [-0.25, -0.2) is 9.78 Å². The normalized spacial score (nSPS) is 14.5. The fourth-order valence-electron chi connectivity index (χ4n) is 3.37. The van der Waals surface area contributed by atoms with Gasteiger partial charge in [-0.3, -0.25) is 9.59 Å². The molecule has 7 heteroatoms. The second-order valence-corrected chi connectivity index (χ2v) is 6.91. The average Bonchev–Trinajstić information content (AvgIpc) is 2.73. The lowest BCUT2D eigenvalue weighted by Gasteiger charge is -2.32. The summed E-state index contributed by atoms with van der Waals surface area (Å²) >= 11 is 0. The van der Waals surface area contributed by atoms with Crippen molar-refractivity contribution in [3.63, 3.8) is 0 Å². The van der Waals surface area contributed by atoms with E-state index in [4.69, 9.17) is 5.11 Å². The Kier molecular flexibility index (Phi) is 6.37. The van der Waals surface area contributed by atoms with Crippen LogP contribution in [0.15, 0.2) is 48.5 Å². The number of nitrogens with one attached hydrogen (secondary N) is 1. The number of hydrogen-bond donors (Lipinski definition) is 2. The van der Waals surface area contributed by atoms with Gasteiger partial charge >= 0.3 is 5.97 Å². The minimum atomic E-state index is -1.20. The Bertz CT molecular complexity index is 846.